The van der Waals surface area contributed by atoms with Crippen molar-refractivity contribution in [1.82, 2.24) is 0 Å². The molecule has 0 radical (unpaired) electrons. The van der Waals surface area contributed by atoms with Crippen LogP contribution < -0.4 is 10.6 Å². The van der Waals surface area contributed by atoms with Crippen LogP contribution in [-0.2, 0) is 4.79 Å². The van der Waals surface area contributed by atoms with Crippen molar-refractivity contribution >= 4 is 23.4 Å². The fourth-order valence-electron chi connectivity index (χ4n) is 1.82. The first-order valence-corrected chi connectivity index (χ1v) is 5.91. The highest BCUT2D eigenvalue weighted by Gasteiger charge is 2.34. The molecule has 0 spiro atoms. The van der Waals surface area contributed by atoms with Gasteiger partial charge in [0.1, 0.15) is 6.04 Å². The minimum Gasteiger partial charge on any atom is -0.387 e. The lowest BCUT2D eigenvalue weighted by Crippen LogP contribution is -2.35. The van der Waals surface area contributed by atoms with Crippen molar-refractivity contribution in [2.24, 2.45) is 15.7 Å². The van der Waals surface area contributed by atoms with Crippen LogP contribution in [0.5, 0.6) is 0 Å². The summed E-state index contributed by atoms with van der Waals surface area (Å²) in [6.45, 7) is 3.60. The Kier molecular flexibility index (Phi) is 3.41. The number of carbonyl (C=O) groups is 1. The van der Waals surface area contributed by atoms with E-state index in [0.717, 1.165) is 5.69 Å². The molecule has 1 aliphatic heterocycles. The van der Waals surface area contributed by atoms with E-state index in [1.807, 2.05) is 37.3 Å². The van der Waals surface area contributed by atoms with Gasteiger partial charge < -0.3 is 5.73 Å². The van der Waals surface area contributed by atoms with E-state index in [0.29, 0.717) is 18.2 Å². The Morgan fingerprint density at radius 1 is 1.44 bits per heavy atom. The Morgan fingerprint density at radius 3 is 2.67 bits per heavy atom. The summed E-state index contributed by atoms with van der Waals surface area (Å²) in [7, 11) is 0. The number of nitrogens with two attached hydrogens (primary N) is 1. The highest BCUT2D eigenvalue weighted by Crippen LogP contribution is 2.23. The van der Waals surface area contributed by atoms with E-state index in [2.05, 4.69) is 9.98 Å². The molecule has 5 heteroatoms. The number of aliphatic imine (C=N–C) groups is 2. The van der Waals surface area contributed by atoms with Crippen molar-refractivity contribution in [2.45, 2.75) is 26.3 Å². The first-order valence-electron chi connectivity index (χ1n) is 5.91. The molecule has 0 saturated carbocycles. The minimum absolute atomic E-state index is 0.0521. The molecular formula is C13H16N4O. The van der Waals surface area contributed by atoms with Gasteiger partial charge >= 0.3 is 0 Å². The number of nitrogens with zero attached hydrogens (tertiary/aromatic N) is 3. The predicted molar refractivity (Wildman–Crippen MR) is 72.7 cm³/mol. The van der Waals surface area contributed by atoms with Crippen molar-refractivity contribution in [2.75, 3.05) is 4.90 Å². The fourth-order valence-corrected chi connectivity index (χ4v) is 1.82. The second-order valence-electron chi connectivity index (χ2n) is 4.12. The average Bonchev–Trinajstić information content (AvgIpc) is 2.66. The number of amidine groups is 1. The normalized spacial score (nSPS) is 20.2. The van der Waals surface area contributed by atoms with Crippen LogP contribution in [0.15, 0.2) is 40.3 Å². The van der Waals surface area contributed by atoms with E-state index >= 15 is 0 Å². The fraction of sp³-hybridized carbons (Fsp3) is 0.308. The molecule has 5 nitrogen and oxygen atoms in total. The van der Waals surface area contributed by atoms with Crippen LogP contribution in [0.2, 0.25) is 0 Å². The molecule has 0 aromatic heterocycles. The topological polar surface area (TPSA) is 71.0 Å². The Hall–Kier alpha value is -2.17. The van der Waals surface area contributed by atoms with Gasteiger partial charge in [-0.3, -0.25) is 4.79 Å². The standard InChI is InChI=1S/C13H16N4O/c1-3-11-12(18)17(10-7-5-4-6-8-10)13(16-11)15-9(2)14/h4-8,11H,3H2,1-2H3,(H2,14,15,16). The maximum atomic E-state index is 12.2. The van der Waals surface area contributed by atoms with Crippen LogP contribution in [0, 0.1) is 0 Å². The molecule has 1 atom stereocenters. The van der Waals surface area contributed by atoms with E-state index in [9.17, 15) is 4.79 Å². The van der Waals surface area contributed by atoms with Crippen LogP contribution in [-0.4, -0.2) is 23.7 Å². The highest BCUT2D eigenvalue weighted by atomic mass is 16.2. The Labute approximate surface area is 106 Å². The van der Waals surface area contributed by atoms with Gasteiger partial charge in [-0.15, -0.1) is 0 Å². The van der Waals surface area contributed by atoms with Crippen LogP contribution >= 0.6 is 0 Å². The molecule has 94 valence electrons. The van der Waals surface area contributed by atoms with Crippen LogP contribution in [0.3, 0.4) is 0 Å². The molecule has 1 amide bonds. The molecule has 0 bridgehead atoms. The van der Waals surface area contributed by atoms with Gasteiger partial charge in [0.25, 0.3) is 5.91 Å². The van der Waals surface area contributed by atoms with Crippen LogP contribution in [0.25, 0.3) is 0 Å². The zero-order valence-electron chi connectivity index (χ0n) is 10.5. The van der Waals surface area contributed by atoms with Gasteiger partial charge in [0.15, 0.2) is 0 Å². The lowest BCUT2D eigenvalue weighted by Gasteiger charge is -2.16. The molecule has 1 heterocycles. The SMILES string of the molecule is CCC1N=C(/N=C(\C)N)N(c2ccccc2)C1=O. The van der Waals surface area contributed by atoms with E-state index in [-0.39, 0.29) is 11.9 Å². The molecule has 18 heavy (non-hydrogen) atoms. The third-order valence-electron chi connectivity index (χ3n) is 2.65. The molecule has 0 fully saturated rings. The van der Waals surface area contributed by atoms with Gasteiger partial charge in [0.2, 0.25) is 5.96 Å². The van der Waals surface area contributed by atoms with Gasteiger partial charge in [-0.05, 0) is 25.5 Å². The predicted octanol–water partition coefficient (Wildman–Crippen LogP) is 1.54. The second kappa shape index (κ2) is 5.00. The summed E-state index contributed by atoms with van der Waals surface area (Å²) >= 11 is 0. The smallest absolute Gasteiger partial charge is 0.258 e. The summed E-state index contributed by atoms with van der Waals surface area (Å²) in [4.78, 5) is 22.2. The van der Waals surface area contributed by atoms with Gasteiger partial charge in [0.05, 0.1) is 11.5 Å². The number of carbonyl (C=O) groups excluding carboxylic acids is 1. The van der Waals surface area contributed by atoms with E-state index < -0.39 is 0 Å². The third-order valence-corrected chi connectivity index (χ3v) is 2.65. The van der Waals surface area contributed by atoms with Gasteiger partial charge in [-0.2, -0.15) is 0 Å². The average molecular weight is 244 g/mol. The van der Waals surface area contributed by atoms with Crippen LogP contribution in [0.4, 0.5) is 5.69 Å². The van der Waals surface area contributed by atoms with Gasteiger partial charge in [0, 0.05) is 0 Å². The number of rotatable bonds is 2. The number of amides is 1. The number of anilines is 1. The summed E-state index contributed by atoms with van der Waals surface area (Å²) in [5.74, 6) is 0.709. The van der Waals surface area contributed by atoms with E-state index in [1.165, 1.54) is 4.90 Å². The monoisotopic (exact) mass is 244 g/mol. The molecular weight excluding hydrogens is 228 g/mol. The van der Waals surface area contributed by atoms with Crippen molar-refractivity contribution < 1.29 is 4.79 Å². The second-order valence-corrected chi connectivity index (χ2v) is 4.12. The van der Waals surface area contributed by atoms with Crippen molar-refractivity contribution in [3.8, 4) is 0 Å². The summed E-state index contributed by atoms with van der Waals surface area (Å²) in [6, 6.07) is 9.00. The molecule has 1 unspecified atom stereocenters. The quantitative estimate of drug-likeness (QED) is 0.633. The van der Waals surface area contributed by atoms with Crippen LogP contribution in [0.1, 0.15) is 20.3 Å². The van der Waals surface area contributed by atoms with Gasteiger partial charge in [-0.1, -0.05) is 25.1 Å². The maximum Gasteiger partial charge on any atom is 0.258 e. The molecule has 1 aromatic carbocycles. The molecule has 0 saturated heterocycles. The Morgan fingerprint density at radius 2 is 2.11 bits per heavy atom. The summed E-state index contributed by atoms with van der Waals surface area (Å²) in [5.41, 5.74) is 6.34. The van der Waals surface area contributed by atoms with Crippen molar-refractivity contribution in [1.29, 1.82) is 0 Å². The molecule has 0 aliphatic carbocycles. The van der Waals surface area contributed by atoms with Gasteiger partial charge in [-0.25, -0.2) is 14.9 Å². The Balaban J connectivity index is 2.41. The molecule has 2 rings (SSSR count). The third kappa shape index (κ3) is 2.25. The summed E-state index contributed by atoms with van der Waals surface area (Å²) in [6.07, 6.45) is 0.658. The van der Waals surface area contributed by atoms with E-state index in [4.69, 9.17) is 5.73 Å². The minimum atomic E-state index is -0.358. The highest BCUT2D eigenvalue weighted by molar-refractivity contribution is 6.23. The zero-order chi connectivity index (χ0) is 13.1. The molecule has 2 N–H and O–H groups in total. The van der Waals surface area contributed by atoms with Crippen molar-refractivity contribution in [3.05, 3.63) is 30.3 Å². The molecule has 1 aromatic rings. The lowest BCUT2D eigenvalue weighted by atomic mass is 10.2. The summed E-state index contributed by atoms with van der Waals surface area (Å²) < 4.78 is 0. The number of hydrogen-bond acceptors (Lipinski definition) is 3. The number of benzene rings is 1. The number of hydrogen-bond donors (Lipinski definition) is 1. The summed E-state index contributed by atoms with van der Waals surface area (Å²) in [5, 5.41) is 0. The number of para-hydroxylation sites is 1. The van der Waals surface area contributed by atoms with E-state index in [1.54, 1.807) is 6.92 Å². The largest absolute Gasteiger partial charge is 0.387 e. The maximum absolute atomic E-state index is 12.2. The van der Waals surface area contributed by atoms with Crippen molar-refractivity contribution in [3.63, 3.8) is 0 Å². The lowest BCUT2D eigenvalue weighted by molar-refractivity contribution is -0.118. The number of guanidine groups is 1. The zero-order valence-corrected chi connectivity index (χ0v) is 10.5. The Bertz CT molecular complexity index is 503. The first-order chi connectivity index (χ1) is 8.63. The first kappa shape index (κ1) is 12.3. The molecule has 1 aliphatic rings.